The Kier molecular flexibility index (Phi) is 4.33. The van der Waals surface area contributed by atoms with E-state index in [4.69, 9.17) is 11.6 Å². The maximum Gasteiger partial charge on any atom is 0.116 e. The molecule has 0 radical (unpaired) electrons. The summed E-state index contributed by atoms with van der Waals surface area (Å²) in [5.74, 6) is 0. The highest BCUT2D eigenvalue weighted by Gasteiger charge is 2.14. The number of hydrogen-bond acceptors (Lipinski definition) is 3. The van der Waals surface area contributed by atoms with Crippen molar-refractivity contribution in [3.63, 3.8) is 0 Å². The van der Waals surface area contributed by atoms with Crippen LogP contribution in [-0.4, -0.2) is 15.4 Å². The number of hydrogen-bond donors (Lipinski definition) is 0. The first-order chi connectivity index (χ1) is 10.1. The molecule has 1 heterocycles. The van der Waals surface area contributed by atoms with Crippen LogP contribution in [0.15, 0.2) is 57.5 Å². The van der Waals surface area contributed by atoms with Crippen LogP contribution in [0.5, 0.6) is 0 Å². The SMILES string of the molecule is Clc1c(-c2ccc(Br)cc2)nnnc1-c1ccc(Br)cc1. The van der Waals surface area contributed by atoms with Crippen LogP contribution in [0.4, 0.5) is 0 Å². The Labute approximate surface area is 143 Å². The first-order valence-electron chi connectivity index (χ1n) is 6.06. The van der Waals surface area contributed by atoms with Crippen LogP contribution in [-0.2, 0) is 0 Å². The van der Waals surface area contributed by atoms with Gasteiger partial charge in [0.15, 0.2) is 0 Å². The molecule has 0 amide bonds. The van der Waals surface area contributed by atoms with Gasteiger partial charge in [-0.1, -0.05) is 67.7 Å². The smallest absolute Gasteiger partial charge is 0.116 e. The van der Waals surface area contributed by atoms with Gasteiger partial charge in [-0.25, -0.2) is 0 Å². The number of benzene rings is 2. The average Bonchev–Trinajstić information content (AvgIpc) is 2.50. The molecule has 21 heavy (non-hydrogen) atoms. The molecule has 0 N–H and O–H groups in total. The van der Waals surface area contributed by atoms with Crippen molar-refractivity contribution >= 4 is 43.5 Å². The van der Waals surface area contributed by atoms with E-state index in [0.29, 0.717) is 16.4 Å². The minimum absolute atomic E-state index is 0.495. The summed E-state index contributed by atoms with van der Waals surface area (Å²) in [6.07, 6.45) is 0. The van der Waals surface area contributed by atoms with Crippen LogP contribution in [0.2, 0.25) is 5.02 Å². The van der Waals surface area contributed by atoms with Crippen LogP contribution in [0.3, 0.4) is 0 Å². The zero-order valence-corrected chi connectivity index (χ0v) is 14.5. The van der Waals surface area contributed by atoms with Gasteiger partial charge < -0.3 is 0 Å². The van der Waals surface area contributed by atoms with E-state index in [2.05, 4.69) is 47.3 Å². The van der Waals surface area contributed by atoms with Gasteiger partial charge in [0, 0.05) is 20.1 Å². The molecule has 2 aromatic carbocycles. The summed E-state index contributed by atoms with van der Waals surface area (Å²) >= 11 is 13.3. The average molecular weight is 426 g/mol. The fourth-order valence-electron chi connectivity index (χ4n) is 1.90. The highest BCUT2D eigenvalue weighted by Crippen LogP contribution is 2.33. The Morgan fingerprint density at radius 1 is 0.667 bits per heavy atom. The molecule has 0 unspecified atom stereocenters. The molecule has 104 valence electrons. The summed E-state index contributed by atoms with van der Waals surface area (Å²) in [5, 5.41) is 12.5. The van der Waals surface area contributed by atoms with E-state index in [1.807, 2.05) is 48.5 Å². The van der Waals surface area contributed by atoms with E-state index < -0.39 is 0 Å². The number of aromatic nitrogens is 3. The number of rotatable bonds is 2. The molecule has 1 aromatic heterocycles. The molecule has 0 saturated heterocycles. The molecule has 0 aliphatic carbocycles. The summed E-state index contributed by atoms with van der Waals surface area (Å²) in [6.45, 7) is 0. The standard InChI is InChI=1S/C15H8Br2ClN3/c16-11-5-1-9(2-6-11)14-13(18)15(20-21-19-14)10-3-7-12(17)8-4-10/h1-8H. The van der Waals surface area contributed by atoms with E-state index in [9.17, 15) is 0 Å². The van der Waals surface area contributed by atoms with Gasteiger partial charge in [-0.2, -0.15) is 0 Å². The van der Waals surface area contributed by atoms with Crippen LogP contribution in [0.25, 0.3) is 22.5 Å². The van der Waals surface area contributed by atoms with E-state index >= 15 is 0 Å². The van der Waals surface area contributed by atoms with E-state index in [1.165, 1.54) is 0 Å². The third-order valence-corrected chi connectivity index (χ3v) is 4.36. The molecule has 3 rings (SSSR count). The molecule has 3 aromatic rings. The predicted molar refractivity (Wildman–Crippen MR) is 91.1 cm³/mol. The fraction of sp³-hybridized carbons (Fsp3) is 0. The Hall–Kier alpha value is -1.30. The third-order valence-electron chi connectivity index (χ3n) is 2.94. The molecule has 6 heteroatoms. The summed E-state index contributed by atoms with van der Waals surface area (Å²) in [5.41, 5.74) is 3.04. The van der Waals surface area contributed by atoms with Gasteiger partial charge in [-0.3, -0.25) is 0 Å². The Bertz CT molecular complexity index is 710. The minimum atomic E-state index is 0.495. The van der Waals surface area contributed by atoms with Crippen molar-refractivity contribution in [2.24, 2.45) is 0 Å². The van der Waals surface area contributed by atoms with Crippen molar-refractivity contribution in [2.45, 2.75) is 0 Å². The summed E-state index contributed by atoms with van der Waals surface area (Å²) in [6, 6.07) is 15.5. The second-order valence-corrected chi connectivity index (χ2v) is 6.52. The summed E-state index contributed by atoms with van der Waals surface area (Å²) in [4.78, 5) is 0. The van der Waals surface area contributed by atoms with Crippen molar-refractivity contribution in [3.8, 4) is 22.5 Å². The lowest BCUT2D eigenvalue weighted by molar-refractivity contribution is 0.876. The van der Waals surface area contributed by atoms with Gasteiger partial charge >= 0.3 is 0 Å². The van der Waals surface area contributed by atoms with Crippen molar-refractivity contribution in [1.29, 1.82) is 0 Å². The highest BCUT2D eigenvalue weighted by atomic mass is 79.9. The lowest BCUT2D eigenvalue weighted by Gasteiger charge is -2.07. The summed E-state index contributed by atoms with van der Waals surface area (Å²) in [7, 11) is 0. The number of halogens is 3. The van der Waals surface area contributed by atoms with Crippen LogP contribution < -0.4 is 0 Å². The second kappa shape index (κ2) is 6.22. The van der Waals surface area contributed by atoms with E-state index in [-0.39, 0.29) is 0 Å². The number of nitrogens with zero attached hydrogens (tertiary/aromatic N) is 3. The van der Waals surface area contributed by atoms with Crippen molar-refractivity contribution in [3.05, 3.63) is 62.5 Å². The van der Waals surface area contributed by atoms with Crippen molar-refractivity contribution in [2.75, 3.05) is 0 Å². The molecular formula is C15H8Br2ClN3. The van der Waals surface area contributed by atoms with Gasteiger partial charge in [-0.15, -0.1) is 10.2 Å². The fourth-order valence-corrected chi connectivity index (χ4v) is 2.72. The van der Waals surface area contributed by atoms with Gasteiger partial charge in [0.2, 0.25) is 0 Å². The maximum absolute atomic E-state index is 6.47. The normalized spacial score (nSPS) is 10.6. The Morgan fingerprint density at radius 3 is 1.43 bits per heavy atom. The molecule has 0 atom stereocenters. The highest BCUT2D eigenvalue weighted by molar-refractivity contribution is 9.10. The van der Waals surface area contributed by atoms with Gasteiger partial charge in [0.25, 0.3) is 0 Å². The first kappa shape index (κ1) is 14.6. The van der Waals surface area contributed by atoms with Gasteiger partial charge in [0.1, 0.15) is 11.4 Å². The Morgan fingerprint density at radius 2 is 1.05 bits per heavy atom. The zero-order valence-electron chi connectivity index (χ0n) is 10.6. The maximum atomic E-state index is 6.47. The quantitative estimate of drug-likeness (QED) is 0.553. The van der Waals surface area contributed by atoms with Crippen LogP contribution in [0, 0.1) is 0 Å². The monoisotopic (exact) mass is 423 g/mol. The minimum Gasteiger partial charge on any atom is -0.128 e. The van der Waals surface area contributed by atoms with Crippen LogP contribution in [0.1, 0.15) is 0 Å². The van der Waals surface area contributed by atoms with Crippen molar-refractivity contribution < 1.29 is 0 Å². The molecule has 0 aliphatic heterocycles. The molecular weight excluding hydrogens is 417 g/mol. The van der Waals surface area contributed by atoms with E-state index in [0.717, 1.165) is 20.1 Å². The zero-order chi connectivity index (χ0) is 14.8. The molecule has 0 aliphatic rings. The largest absolute Gasteiger partial charge is 0.128 e. The molecule has 0 fully saturated rings. The van der Waals surface area contributed by atoms with Gasteiger partial charge in [-0.05, 0) is 29.5 Å². The molecule has 0 spiro atoms. The lowest BCUT2D eigenvalue weighted by atomic mass is 10.1. The van der Waals surface area contributed by atoms with Crippen LogP contribution >= 0.6 is 43.5 Å². The molecule has 0 saturated carbocycles. The molecule has 3 nitrogen and oxygen atoms in total. The van der Waals surface area contributed by atoms with E-state index in [1.54, 1.807) is 0 Å². The van der Waals surface area contributed by atoms with Gasteiger partial charge in [0.05, 0.1) is 5.02 Å². The first-order valence-corrected chi connectivity index (χ1v) is 8.02. The predicted octanol–water partition coefficient (Wildman–Crippen LogP) is 5.38. The summed E-state index contributed by atoms with van der Waals surface area (Å²) < 4.78 is 2.00. The lowest BCUT2D eigenvalue weighted by Crippen LogP contribution is -1.96. The second-order valence-electron chi connectivity index (χ2n) is 4.31. The Balaban J connectivity index is 2.10. The molecule has 0 bridgehead atoms. The van der Waals surface area contributed by atoms with Crippen molar-refractivity contribution in [1.82, 2.24) is 15.4 Å². The third kappa shape index (κ3) is 3.15. The topological polar surface area (TPSA) is 38.7 Å².